The fraction of sp³-hybridized carbons (Fsp3) is 0.417. The van der Waals surface area contributed by atoms with Crippen LogP contribution in [-0.4, -0.2) is 24.1 Å². The van der Waals surface area contributed by atoms with Crippen LogP contribution in [-0.2, 0) is 4.79 Å². The number of phenolic OH excluding ortho intramolecular Hbond substituents is 1. The number of aromatic hydroxyl groups is 1. The molecule has 1 aliphatic heterocycles. The van der Waals surface area contributed by atoms with E-state index in [1.807, 2.05) is 0 Å². The number of aryl methyl sites for hydroxylation is 1. The van der Waals surface area contributed by atoms with Crippen molar-refractivity contribution in [3.05, 3.63) is 29.1 Å². The van der Waals surface area contributed by atoms with Gasteiger partial charge in [0.1, 0.15) is 0 Å². The molecule has 1 fully saturated rings. The Morgan fingerprint density at radius 2 is 2.18 bits per heavy atom. The average molecular weight is 238 g/mol. The Bertz CT molecular complexity index is 448. The highest BCUT2D eigenvalue weighted by Crippen LogP contribution is 2.27. The molecule has 1 aromatic rings. The molecule has 0 bridgehead atoms. The summed E-state index contributed by atoms with van der Waals surface area (Å²) in [5.74, 6) is -1.06. The zero-order valence-electron chi connectivity index (χ0n) is 9.59. The predicted molar refractivity (Wildman–Crippen MR) is 61.2 cm³/mol. The lowest BCUT2D eigenvalue weighted by Gasteiger charge is -2.17. The van der Waals surface area contributed by atoms with E-state index in [0.29, 0.717) is 13.1 Å². The van der Waals surface area contributed by atoms with E-state index >= 15 is 0 Å². The largest absolute Gasteiger partial charge is 0.505 e. The molecular formula is C12H15FN2O2. The normalized spacial score (nSPS) is 20.8. The lowest BCUT2D eigenvalue weighted by atomic mass is 9.98. The van der Waals surface area contributed by atoms with Crippen LogP contribution in [0.2, 0.25) is 0 Å². The van der Waals surface area contributed by atoms with E-state index in [1.165, 1.54) is 12.1 Å². The van der Waals surface area contributed by atoms with Gasteiger partial charge in [-0.15, -0.1) is 0 Å². The van der Waals surface area contributed by atoms with Crippen LogP contribution >= 0.6 is 0 Å². The molecule has 1 heterocycles. The number of rotatable bonds is 1. The molecule has 0 saturated carbocycles. The zero-order chi connectivity index (χ0) is 12.4. The van der Waals surface area contributed by atoms with Crippen LogP contribution in [0.25, 0.3) is 0 Å². The Labute approximate surface area is 98.8 Å². The molecule has 1 saturated heterocycles. The van der Waals surface area contributed by atoms with Crippen LogP contribution in [0.5, 0.6) is 5.75 Å². The Morgan fingerprint density at radius 3 is 2.94 bits per heavy atom. The molecule has 1 aromatic carbocycles. The van der Waals surface area contributed by atoms with Gasteiger partial charge < -0.3 is 15.7 Å². The van der Waals surface area contributed by atoms with Crippen LogP contribution in [0, 0.1) is 12.7 Å². The van der Waals surface area contributed by atoms with Gasteiger partial charge in [-0.1, -0.05) is 0 Å². The molecule has 0 aromatic heterocycles. The summed E-state index contributed by atoms with van der Waals surface area (Å²) in [6.45, 7) is 3.02. The molecule has 17 heavy (non-hydrogen) atoms. The van der Waals surface area contributed by atoms with Crippen molar-refractivity contribution in [2.45, 2.75) is 19.4 Å². The first-order chi connectivity index (χ1) is 8.08. The molecule has 0 aliphatic carbocycles. The number of hydrogen-bond donors (Lipinski definition) is 3. The van der Waals surface area contributed by atoms with Gasteiger partial charge in [-0.3, -0.25) is 4.79 Å². The van der Waals surface area contributed by atoms with Crippen molar-refractivity contribution >= 4 is 5.91 Å². The topological polar surface area (TPSA) is 61.4 Å². The van der Waals surface area contributed by atoms with E-state index in [4.69, 9.17) is 0 Å². The molecule has 5 heteroatoms. The summed E-state index contributed by atoms with van der Waals surface area (Å²) < 4.78 is 13.3. The van der Waals surface area contributed by atoms with Gasteiger partial charge in [-0.05, 0) is 30.2 Å². The first-order valence-electron chi connectivity index (χ1n) is 5.57. The van der Waals surface area contributed by atoms with Gasteiger partial charge in [0.15, 0.2) is 11.6 Å². The summed E-state index contributed by atoms with van der Waals surface area (Å²) in [7, 11) is 0. The Balaban J connectivity index is 2.32. The number of halogens is 1. The first kappa shape index (κ1) is 11.9. The van der Waals surface area contributed by atoms with Crippen molar-refractivity contribution in [1.29, 1.82) is 0 Å². The molecule has 1 aliphatic rings. The van der Waals surface area contributed by atoms with Crippen molar-refractivity contribution in [2.24, 2.45) is 0 Å². The maximum Gasteiger partial charge on any atom is 0.221 e. The molecule has 1 amide bonds. The third-order valence-electron chi connectivity index (χ3n) is 2.94. The second kappa shape index (κ2) is 4.71. The van der Waals surface area contributed by atoms with Crippen LogP contribution < -0.4 is 10.6 Å². The molecule has 0 radical (unpaired) electrons. The number of phenols is 1. The zero-order valence-corrected chi connectivity index (χ0v) is 9.59. The maximum absolute atomic E-state index is 13.3. The van der Waals surface area contributed by atoms with Gasteiger partial charge >= 0.3 is 0 Å². The number of hydrogen-bond acceptors (Lipinski definition) is 3. The number of amides is 1. The average Bonchev–Trinajstić information content (AvgIpc) is 2.48. The summed E-state index contributed by atoms with van der Waals surface area (Å²) in [5.41, 5.74) is 1.49. The summed E-state index contributed by atoms with van der Waals surface area (Å²) in [6, 6.07) is 2.48. The summed E-state index contributed by atoms with van der Waals surface area (Å²) in [4.78, 5) is 11.4. The summed E-state index contributed by atoms with van der Waals surface area (Å²) >= 11 is 0. The van der Waals surface area contributed by atoms with Gasteiger partial charge in [0.2, 0.25) is 5.91 Å². The Hall–Kier alpha value is -1.62. The van der Waals surface area contributed by atoms with E-state index in [-0.39, 0.29) is 24.1 Å². The van der Waals surface area contributed by atoms with E-state index in [1.54, 1.807) is 6.92 Å². The molecule has 3 N–H and O–H groups in total. The van der Waals surface area contributed by atoms with Crippen LogP contribution in [0.1, 0.15) is 23.6 Å². The van der Waals surface area contributed by atoms with E-state index in [2.05, 4.69) is 10.6 Å². The van der Waals surface area contributed by atoms with Crippen LogP contribution in [0.3, 0.4) is 0 Å². The number of benzene rings is 1. The van der Waals surface area contributed by atoms with Crippen molar-refractivity contribution in [2.75, 3.05) is 13.1 Å². The number of carbonyl (C=O) groups is 1. The van der Waals surface area contributed by atoms with Crippen molar-refractivity contribution in [3.8, 4) is 5.75 Å². The van der Waals surface area contributed by atoms with Gasteiger partial charge in [0.05, 0.1) is 0 Å². The Kier molecular flexibility index (Phi) is 3.28. The fourth-order valence-corrected chi connectivity index (χ4v) is 2.06. The minimum Gasteiger partial charge on any atom is -0.505 e. The van der Waals surface area contributed by atoms with Gasteiger partial charge in [-0.25, -0.2) is 4.39 Å². The maximum atomic E-state index is 13.3. The molecular weight excluding hydrogens is 223 g/mol. The fourth-order valence-electron chi connectivity index (χ4n) is 2.06. The minimum atomic E-state index is -0.656. The second-order valence-corrected chi connectivity index (χ2v) is 4.22. The highest BCUT2D eigenvalue weighted by Gasteiger charge is 2.21. The first-order valence-corrected chi connectivity index (χ1v) is 5.57. The van der Waals surface area contributed by atoms with Crippen LogP contribution in [0.15, 0.2) is 12.1 Å². The standard InChI is InChI=1S/C12H15FN2O2/c1-7-4-11(16)9(13)5-8(7)10-6-12(17)15-3-2-14-10/h4-5,10,14,16H,2-3,6H2,1H3,(H,15,17). The number of carbonyl (C=O) groups excluding carboxylic acids is 1. The van der Waals surface area contributed by atoms with Gasteiger partial charge in [-0.2, -0.15) is 0 Å². The highest BCUT2D eigenvalue weighted by molar-refractivity contribution is 5.77. The monoisotopic (exact) mass is 238 g/mol. The quantitative estimate of drug-likeness (QED) is 0.683. The second-order valence-electron chi connectivity index (χ2n) is 4.22. The summed E-state index contributed by atoms with van der Waals surface area (Å²) in [5, 5.41) is 15.2. The predicted octanol–water partition coefficient (Wildman–Crippen LogP) is 0.990. The summed E-state index contributed by atoms with van der Waals surface area (Å²) in [6.07, 6.45) is 0.283. The molecule has 2 rings (SSSR count). The molecule has 0 spiro atoms. The van der Waals surface area contributed by atoms with E-state index < -0.39 is 5.82 Å². The van der Waals surface area contributed by atoms with Crippen molar-refractivity contribution < 1.29 is 14.3 Å². The lowest BCUT2D eigenvalue weighted by molar-refractivity contribution is -0.121. The van der Waals surface area contributed by atoms with Crippen molar-refractivity contribution in [1.82, 2.24) is 10.6 Å². The lowest BCUT2D eigenvalue weighted by Crippen LogP contribution is -2.24. The third-order valence-corrected chi connectivity index (χ3v) is 2.94. The Morgan fingerprint density at radius 1 is 1.41 bits per heavy atom. The SMILES string of the molecule is Cc1cc(O)c(F)cc1C1CC(=O)NCCN1. The van der Waals surface area contributed by atoms with Crippen LogP contribution in [0.4, 0.5) is 4.39 Å². The molecule has 92 valence electrons. The highest BCUT2D eigenvalue weighted by atomic mass is 19.1. The van der Waals surface area contributed by atoms with Gasteiger partial charge in [0, 0.05) is 25.6 Å². The van der Waals surface area contributed by atoms with Crippen molar-refractivity contribution in [3.63, 3.8) is 0 Å². The number of nitrogens with one attached hydrogen (secondary N) is 2. The van der Waals surface area contributed by atoms with Gasteiger partial charge in [0.25, 0.3) is 0 Å². The molecule has 4 nitrogen and oxygen atoms in total. The van der Waals surface area contributed by atoms with E-state index in [9.17, 15) is 14.3 Å². The smallest absolute Gasteiger partial charge is 0.221 e. The molecule has 1 unspecified atom stereocenters. The molecule has 1 atom stereocenters. The third kappa shape index (κ3) is 2.55. The minimum absolute atomic E-state index is 0.0483. The van der Waals surface area contributed by atoms with E-state index in [0.717, 1.165) is 11.1 Å².